The van der Waals surface area contributed by atoms with Crippen LogP contribution in [0.2, 0.25) is 0 Å². The van der Waals surface area contributed by atoms with Gasteiger partial charge in [0.2, 0.25) is 5.89 Å². The highest BCUT2D eigenvalue weighted by molar-refractivity contribution is 4.98. The topological polar surface area (TPSA) is 72.9 Å². The van der Waals surface area contributed by atoms with Gasteiger partial charge >= 0.3 is 0 Å². The monoisotopic (exact) mass is 276 g/mol. The number of piperidine rings is 1. The average molecular weight is 276 g/mol. The summed E-state index contributed by atoms with van der Waals surface area (Å²) in [5.41, 5.74) is 0.995. The molecule has 7 nitrogen and oxygen atoms in total. The predicted octanol–water partition coefficient (Wildman–Crippen LogP) is 1.72. The van der Waals surface area contributed by atoms with Crippen LogP contribution in [0.1, 0.15) is 49.6 Å². The Bertz CT molecular complexity index is 563. The lowest BCUT2D eigenvalue weighted by Crippen LogP contribution is -2.33. The van der Waals surface area contributed by atoms with E-state index in [1.807, 2.05) is 17.8 Å². The Morgan fingerprint density at radius 2 is 2.30 bits per heavy atom. The number of aromatic nitrogens is 5. The molecule has 0 aliphatic carbocycles. The number of rotatable bonds is 4. The lowest BCUT2D eigenvalue weighted by molar-refractivity contribution is 0.110. The van der Waals surface area contributed by atoms with Crippen molar-refractivity contribution in [3.63, 3.8) is 0 Å². The Morgan fingerprint density at radius 3 is 3.00 bits per heavy atom. The van der Waals surface area contributed by atoms with Gasteiger partial charge in [-0.25, -0.2) is 0 Å². The van der Waals surface area contributed by atoms with Gasteiger partial charge in [0.05, 0.1) is 11.7 Å². The molecule has 1 saturated heterocycles. The largest absolute Gasteiger partial charge is 0.338 e. The van der Waals surface area contributed by atoms with Gasteiger partial charge in [-0.15, -0.1) is 5.10 Å². The molecule has 1 atom stereocenters. The van der Waals surface area contributed by atoms with E-state index < -0.39 is 0 Å². The smallest absolute Gasteiger partial charge is 0.243 e. The van der Waals surface area contributed by atoms with E-state index in [0.29, 0.717) is 5.82 Å². The van der Waals surface area contributed by atoms with Crippen molar-refractivity contribution >= 4 is 0 Å². The van der Waals surface area contributed by atoms with Crippen molar-refractivity contribution in [1.82, 2.24) is 30.0 Å². The molecule has 20 heavy (non-hydrogen) atoms. The maximum Gasteiger partial charge on any atom is 0.243 e. The van der Waals surface area contributed by atoms with E-state index >= 15 is 0 Å². The summed E-state index contributed by atoms with van der Waals surface area (Å²) < 4.78 is 7.21. The summed E-state index contributed by atoms with van der Waals surface area (Å²) in [5, 5.41) is 12.2. The van der Waals surface area contributed by atoms with Crippen molar-refractivity contribution in [2.75, 3.05) is 6.54 Å². The van der Waals surface area contributed by atoms with Gasteiger partial charge in [-0.3, -0.25) is 9.58 Å². The SMILES string of the molecule is CCn1cc(CN2CCCCC2c2nc(C)no2)nn1. The van der Waals surface area contributed by atoms with Crippen molar-refractivity contribution in [2.45, 2.75) is 52.2 Å². The van der Waals surface area contributed by atoms with E-state index in [1.165, 1.54) is 12.8 Å². The Kier molecular flexibility index (Phi) is 3.77. The first-order valence-electron chi connectivity index (χ1n) is 7.19. The number of nitrogens with zero attached hydrogens (tertiary/aromatic N) is 6. The van der Waals surface area contributed by atoms with E-state index in [2.05, 4.69) is 32.3 Å². The van der Waals surface area contributed by atoms with Gasteiger partial charge in [0.1, 0.15) is 0 Å². The normalized spacial score (nSPS) is 20.4. The van der Waals surface area contributed by atoms with Crippen molar-refractivity contribution in [3.8, 4) is 0 Å². The van der Waals surface area contributed by atoms with E-state index in [9.17, 15) is 0 Å². The van der Waals surface area contributed by atoms with Gasteiger partial charge in [-0.2, -0.15) is 4.98 Å². The van der Waals surface area contributed by atoms with Gasteiger partial charge in [0.15, 0.2) is 5.82 Å². The first-order valence-corrected chi connectivity index (χ1v) is 7.19. The first-order chi connectivity index (χ1) is 9.76. The molecule has 108 valence electrons. The molecule has 0 saturated carbocycles. The van der Waals surface area contributed by atoms with Crippen molar-refractivity contribution in [2.24, 2.45) is 0 Å². The molecule has 3 rings (SSSR count). The molecule has 0 bridgehead atoms. The second-order valence-corrected chi connectivity index (χ2v) is 5.23. The predicted molar refractivity (Wildman–Crippen MR) is 71.7 cm³/mol. The lowest BCUT2D eigenvalue weighted by Gasteiger charge is -2.32. The van der Waals surface area contributed by atoms with Crippen LogP contribution < -0.4 is 0 Å². The number of hydrogen-bond acceptors (Lipinski definition) is 6. The van der Waals surface area contributed by atoms with Gasteiger partial charge in [0, 0.05) is 19.3 Å². The quantitative estimate of drug-likeness (QED) is 0.846. The van der Waals surface area contributed by atoms with E-state index in [1.54, 1.807) is 0 Å². The fourth-order valence-corrected chi connectivity index (χ4v) is 2.68. The Labute approximate surface area is 118 Å². The summed E-state index contributed by atoms with van der Waals surface area (Å²) in [4.78, 5) is 6.75. The lowest BCUT2D eigenvalue weighted by atomic mass is 10.0. The van der Waals surface area contributed by atoms with Crippen LogP contribution in [0.4, 0.5) is 0 Å². The maximum absolute atomic E-state index is 5.35. The van der Waals surface area contributed by atoms with Crippen LogP contribution in [-0.4, -0.2) is 36.6 Å². The second-order valence-electron chi connectivity index (χ2n) is 5.23. The molecule has 0 aromatic carbocycles. The zero-order chi connectivity index (χ0) is 13.9. The zero-order valence-electron chi connectivity index (χ0n) is 12.0. The van der Waals surface area contributed by atoms with Crippen LogP contribution in [0.3, 0.4) is 0 Å². The highest BCUT2D eigenvalue weighted by Gasteiger charge is 2.28. The standard InChI is InChI=1S/C13H20N6O/c1-3-19-9-11(15-17-19)8-18-7-5-4-6-12(18)13-14-10(2)16-20-13/h9,12H,3-8H2,1-2H3. The second kappa shape index (κ2) is 5.70. The minimum atomic E-state index is 0.205. The van der Waals surface area contributed by atoms with Crippen LogP contribution in [-0.2, 0) is 13.1 Å². The van der Waals surface area contributed by atoms with Gasteiger partial charge in [0.25, 0.3) is 0 Å². The Balaban J connectivity index is 1.75. The summed E-state index contributed by atoms with van der Waals surface area (Å²) in [6.45, 7) is 6.58. The number of aryl methyl sites for hydroxylation is 2. The van der Waals surface area contributed by atoms with Gasteiger partial charge in [-0.05, 0) is 33.2 Å². The molecule has 2 aromatic heterocycles. The zero-order valence-corrected chi connectivity index (χ0v) is 12.0. The fourth-order valence-electron chi connectivity index (χ4n) is 2.68. The van der Waals surface area contributed by atoms with Crippen LogP contribution in [0.5, 0.6) is 0 Å². The van der Waals surface area contributed by atoms with Crippen LogP contribution in [0.15, 0.2) is 10.7 Å². The summed E-state index contributed by atoms with van der Waals surface area (Å²) in [7, 11) is 0. The van der Waals surface area contributed by atoms with E-state index in [-0.39, 0.29) is 6.04 Å². The minimum Gasteiger partial charge on any atom is -0.338 e. The summed E-state index contributed by atoms with van der Waals surface area (Å²) in [6, 6.07) is 0.205. The molecule has 0 amide bonds. The van der Waals surface area contributed by atoms with Crippen LogP contribution in [0, 0.1) is 6.92 Å². The third kappa shape index (κ3) is 2.72. The van der Waals surface area contributed by atoms with Crippen LogP contribution >= 0.6 is 0 Å². The molecule has 1 fully saturated rings. The Hall–Kier alpha value is -1.76. The van der Waals surface area contributed by atoms with Crippen molar-refractivity contribution in [3.05, 3.63) is 23.6 Å². The molecule has 0 radical (unpaired) electrons. The highest BCUT2D eigenvalue weighted by atomic mass is 16.5. The third-order valence-electron chi connectivity index (χ3n) is 3.72. The molecule has 1 aliphatic rings. The minimum absolute atomic E-state index is 0.205. The summed E-state index contributed by atoms with van der Waals surface area (Å²) in [6.07, 6.45) is 5.46. The van der Waals surface area contributed by atoms with Gasteiger partial charge in [-0.1, -0.05) is 16.8 Å². The molecule has 0 spiro atoms. The van der Waals surface area contributed by atoms with E-state index in [0.717, 1.165) is 37.6 Å². The van der Waals surface area contributed by atoms with Crippen molar-refractivity contribution in [1.29, 1.82) is 0 Å². The molecule has 2 aromatic rings. The maximum atomic E-state index is 5.35. The Morgan fingerprint density at radius 1 is 1.40 bits per heavy atom. The third-order valence-corrected chi connectivity index (χ3v) is 3.72. The first kappa shape index (κ1) is 13.2. The average Bonchev–Trinajstić information content (AvgIpc) is 3.08. The molecule has 7 heteroatoms. The number of hydrogen-bond donors (Lipinski definition) is 0. The fraction of sp³-hybridized carbons (Fsp3) is 0.692. The summed E-state index contributed by atoms with van der Waals surface area (Å²) >= 11 is 0. The molecule has 0 N–H and O–H groups in total. The van der Waals surface area contributed by atoms with Crippen LogP contribution in [0.25, 0.3) is 0 Å². The van der Waals surface area contributed by atoms with E-state index in [4.69, 9.17) is 4.52 Å². The van der Waals surface area contributed by atoms with Gasteiger partial charge < -0.3 is 4.52 Å². The molecular formula is C13H20N6O. The molecule has 1 aliphatic heterocycles. The summed E-state index contributed by atoms with van der Waals surface area (Å²) in [5.74, 6) is 1.42. The van der Waals surface area contributed by atoms with Crippen molar-refractivity contribution < 1.29 is 4.52 Å². The molecule has 1 unspecified atom stereocenters. The molecule has 3 heterocycles. The highest BCUT2D eigenvalue weighted by Crippen LogP contribution is 2.30. The number of likely N-dealkylation sites (tertiary alicyclic amines) is 1. The molecular weight excluding hydrogens is 256 g/mol.